The normalized spacial score (nSPS) is 11.1. The standard InChI is InChI=1S/C20H17FN2O3S/c1-3-13-11-14(10-12(2)19(13)24)22-23-18-9-8-17(27-18)20(25)26-16-7-5-4-6-15(16)21/h4-11,24H,3H2,1-2H3. The Balaban J connectivity index is 1.74. The van der Waals surface area contributed by atoms with Gasteiger partial charge in [0.25, 0.3) is 0 Å². The van der Waals surface area contributed by atoms with Crippen molar-refractivity contribution < 1.29 is 19.0 Å². The number of carbonyl (C=O) groups is 1. The molecule has 1 aromatic heterocycles. The van der Waals surface area contributed by atoms with Crippen LogP contribution in [0.25, 0.3) is 0 Å². The lowest BCUT2D eigenvalue weighted by atomic mass is 10.1. The van der Waals surface area contributed by atoms with Crippen LogP contribution in [0.2, 0.25) is 0 Å². The molecule has 0 aliphatic heterocycles. The summed E-state index contributed by atoms with van der Waals surface area (Å²) in [5, 5.41) is 18.8. The molecule has 3 aromatic rings. The van der Waals surface area contributed by atoms with Crippen molar-refractivity contribution in [3.63, 3.8) is 0 Å². The number of carbonyl (C=O) groups excluding carboxylic acids is 1. The second-order valence-corrected chi connectivity index (χ2v) is 6.84. The number of azo groups is 1. The molecule has 0 aliphatic rings. The molecule has 0 saturated carbocycles. The molecule has 0 aliphatic carbocycles. The largest absolute Gasteiger partial charge is 0.507 e. The maximum absolute atomic E-state index is 13.6. The number of thiophene rings is 1. The van der Waals surface area contributed by atoms with Gasteiger partial charge in [-0.1, -0.05) is 19.1 Å². The first-order valence-electron chi connectivity index (χ1n) is 8.28. The quantitative estimate of drug-likeness (QED) is 0.328. The summed E-state index contributed by atoms with van der Waals surface area (Å²) in [5.41, 5.74) is 2.14. The van der Waals surface area contributed by atoms with E-state index in [0.717, 1.165) is 22.5 Å². The zero-order valence-corrected chi connectivity index (χ0v) is 15.6. The van der Waals surface area contributed by atoms with Gasteiger partial charge in [-0.25, -0.2) is 9.18 Å². The summed E-state index contributed by atoms with van der Waals surface area (Å²) < 4.78 is 18.6. The van der Waals surface area contributed by atoms with Gasteiger partial charge in [0, 0.05) is 0 Å². The van der Waals surface area contributed by atoms with Gasteiger partial charge in [-0.15, -0.1) is 21.6 Å². The van der Waals surface area contributed by atoms with Crippen LogP contribution in [-0.4, -0.2) is 11.1 Å². The van der Waals surface area contributed by atoms with E-state index in [2.05, 4.69) is 10.2 Å². The molecule has 0 spiro atoms. The number of hydrogen-bond donors (Lipinski definition) is 1. The minimum absolute atomic E-state index is 0.120. The highest BCUT2D eigenvalue weighted by molar-refractivity contribution is 7.17. The zero-order valence-electron chi connectivity index (χ0n) is 14.8. The number of rotatable bonds is 5. The van der Waals surface area contributed by atoms with Crippen LogP contribution in [0.3, 0.4) is 0 Å². The van der Waals surface area contributed by atoms with Gasteiger partial charge in [0.05, 0.1) is 5.69 Å². The average molecular weight is 384 g/mol. The Morgan fingerprint density at radius 3 is 2.70 bits per heavy atom. The third kappa shape index (κ3) is 4.38. The number of hydrogen-bond acceptors (Lipinski definition) is 6. The van der Waals surface area contributed by atoms with E-state index in [4.69, 9.17) is 4.74 Å². The summed E-state index contributed by atoms with van der Waals surface area (Å²) in [6, 6.07) is 12.4. The molecular weight excluding hydrogens is 367 g/mol. The predicted octanol–water partition coefficient (Wildman–Crippen LogP) is 6.10. The van der Waals surface area contributed by atoms with E-state index < -0.39 is 11.8 Å². The molecule has 2 aromatic carbocycles. The highest BCUT2D eigenvalue weighted by atomic mass is 32.1. The number of ether oxygens (including phenoxy) is 1. The van der Waals surface area contributed by atoms with Gasteiger partial charge < -0.3 is 9.84 Å². The van der Waals surface area contributed by atoms with Gasteiger partial charge in [0.15, 0.2) is 11.6 Å². The molecule has 138 valence electrons. The van der Waals surface area contributed by atoms with Gasteiger partial charge in [0.1, 0.15) is 15.6 Å². The van der Waals surface area contributed by atoms with Crippen LogP contribution in [0, 0.1) is 12.7 Å². The van der Waals surface area contributed by atoms with Gasteiger partial charge in [-0.05, 0) is 60.9 Å². The molecular formula is C20H17FN2O3S. The molecule has 0 fully saturated rings. The van der Waals surface area contributed by atoms with Crippen molar-refractivity contribution in [3.05, 3.63) is 70.4 Å². The third-order valence-corrected chi connectivity index (χ3v) is 4.79. The average Bonchev–Trinajstić information content (AvgIpc) is 3.13. The second kappa shape index (κ2) is 8.09. The second-order valence-electron chi connectivity index (χ2n) is 5.78. The van der Waals surface area contributed by atoms with Crippen molar-refractivity contribution in [1.82, 2.24) is 0 Å². The molecule has 0 atom stereocenters. The SMILES string of the molecule is CCc1cc(N=Nc2ccc(C(=O)Oc3ccccc3F)s2)cc(C)c1O. The maximum atomic E-state index is 13.6. The van der Waals surface area contributed by atoms with Crippen molar-refractivity contribution in [2.45, 2.75) is 20.3 Å². The van der Waals surface area contributed by atoms with E-state index >= 15 is 0 Å². The van der Waals surface area contributed by atoms with Crippen LogP contribution in [0.15, 0.2) is 58.8 Å². The smallest absolute Gasteiger partial charge is 0.353 e. The molecule has 0 unspecified atom stereocenters. The monoisotopic (exact) mass is 384 g/mol. The highest BCUT2D eigenvalue weighted by Gasteiger charge is 2.14. The Bertz CT molecular complexity index is 1010. The molecule has 3 rings (SSSR count). The first-order valence-corrected chi connectivity index (χ1v) is 9.10. The van der Waals surface area contributed by atoms with Crippen molar-refractivity contribution in [2.24, 2.45) is 10.2 Å². The first-order chi connectivity index (χ1) is 13.0. The lowest BCUT2D eigenvalue weighted by Crippen LogP contribution is -2.07. The van der Waals surface area contributed by atoms with Gasteiger partial charge >= 0.3 is 5.97 Å². The number of phenols is 1. The molecule has 1 heterocycles. The summed E-state index contributed by atoms with van der Waals surface area (Å²) in [5.74, 6) is -1.10. The molecule has 5 nitrogen and oxygen atoms in total. The Morgan fingerprint density at radius 1 is 1.19 bits per heavy atom. The van der Waals surface area contributed by atoms with Gasteiger partial charge in [-0.3, -0.25) is 0 Å². The topological polar surface area (TPSA) is 71.2 Å². The van der Waals surface area contributed by atoms with Crippen molar-refractivity contribution in [3.8, 4) is 11.5 Å². The highest BCUT2D eigenvalue weighted by Crippen LogP contribution is 2.31. The number of esters is 1. The fraction of sp³-hybridized carbons (Fsp3) is 0.150. The van der Waals surface area contributed by atoms with Crippen LogP contribution < -0.4 is 4.74 Å². The Hall–Kier alpha value is -3.06. The molecule has 0 saturated heterocycles. The van der Waals surface area contributed by atoms with E-state index in [9.17, 15) is 14.3 Å². The first kappa shape index (κ1) is 18.7. The summed E-state index contributed by atoms with van der Waals surface area (Å²) in [6.07, 6.45) is 0.682. The predicted molar refractivity (Wildman–Crippen MR) is 102 cm³/mol. The number of halogens is 1. The van der Waals surface area contributed by atoms with Crippen LogP contribution in [0.4, 0.5) is 15.1 Å². The fourth-order valence-corrected chi connectivity index (χ4v) is 3.14. The number of aromatic hydroxyl groups is 1. The van der Waals surface area contributed by atoms with Crippen LogP contribution >= 0.6 is 11.3 Å². The van der Waals surface area contributed by atoms with Gasteiger partial charge in [-0.2, -0.15) is 0 Å². The number of nitrogens with zero attached hydrogens (tertiary/aromatic N) is 2. The minimum atomic E-state index is -0.653. The molecule has 0 radical (unpaired) electrons. The van der Waals surface area contributed by atoms with Crippen molar-refractivity contribution >= 4 is 28.0 Å². The van der Waals surface area contributed by atoms with Crippen LogP contribution in [0.1, 0.15) is 27.7 Å². The minimum Gasteiger partial charge on any atom is -0.507 e. The molecule has 1 N–H and O–H groups in total. The number of aryl methyl sites for hydroxylation is 2. The summed E-state index contributed by atoms with van der Waals surface area (Å²) in [6.45, 7) is 3.75. The summed E-state index contributed by atoms with van der Waals surface area (Å²) in [7, 11) is 0. The zero-order chi connectivity index (χ0) is 19.4. The van der Waals surface area contributed by atoms with E-state index in [-0.39, 0.29) is 11.5 Å². The van der Waals surface area contributed by atoms with Crippen LogP contribution in [-0.2, 0) is 6.42 Å². The molecule has 27 heavy (non-hydrogen) atoms. The Morgan fingerprint density at radius 2 is 1.96 bits per heavy atom. The lowest BCUT2D eigenvalue weighted by Gasteiger charge is -2.05. The molecule has 7 heteroatoms. The van der Waals surface area contributed by atoms with E-state index in [0.29, 0.717) is 22.0 Å². The van der Waals surface area contributed by atoms with Crippen LogP contribution in [0.5, 0.6) is 11.5 Å². The summed E-state index contributed by atoms with van der Waals surface area (Å²) in [4.78, 5) is 12.4. The lowest BCUT2D eigenvalue weighted by molar-refractivity contribution is 0.0733. The van der Waals surface area contributed by atoms with E-state index in [1.165, 1.54) is 18.2 Å². The number of benzene rings is 2. The fourth-order valence-electron chi connectivity index (χ4n) is 2.44. The number of para-hydroxylation sites is 1. The maximum Gasteiger partial charge on any atom is 0.353 e. The van der Waals surface area contributed by atoms with Crippen molar-refractivity contribution in [1.29, 1.82) is 0 Å². The third-order valence-electron chi connectivity index (χ3n) is 3.84. The van der Waals surface area contributed by atoms with E-state index in [1.807, 2.05) is 6.92 Å². The number of phenolic OH excluding ortho intramolecular Hbond substituents is 1. The molecule has 0 amide bonds. The van der Waals surface area contributed by atoms with Gasteiger partial charge in [0.2, 0.25) is 0 Å². The Kier molecular flexibility index (Phi) is 5.61. The van der Waals surface area contributed by atoms with Crippen molar-refractivity contribution in [2.75, 3.05) is 0 Å². The summed E-state index contributed by atoms with van der Waals surface area (Å²) >= 11 is 1.10. The molecule has 0 bridgehead atoms. The Labute approximate surface area is 159 Å². The van der Waals surface area contributed by atoms with E-state index in [1.54, 1.807) is 37.3 Å².